The van der Waals surface area contributed by atoms with Crippen LogP contribution in [0.25, 0.3) is 0 Å². The molecule has 0 aliphatic heterocycles. The minimum Gasteiger partial charge on any atom is -0.398 e. The monoisotopic (exact) mass is 245 g/mol. The minimum absolute atomic E-state index is 0.265. The van der Waals surface area contributed by atoms with E-state index in [9.17, 15) is 4.39 Å². The second-order valence-corrected chi connectivity index (χ2v) is 5.61. The Morgan fingerprint density at radius 2 is 2.13 bits per heavy atom. The largest absolute Gasteiger partial charge is 0.398 e. The summed E-state index contributed by atoms with van der Waals surface area (Å²) in [4.78, 5) is 0.984. The molecule has 0 heterocycles. The van der Waals surface area contributed by atoms with Crippen molar-refractivity contribution in [1.29, 1.82) is 0 Å². The van der Waals surface area contributed by atoms with Gasteiger partial charge in [-0.05, 0) is 41.9 Å². The molecule has 0 unspecified atom stereocenters. The maximum absolute atomic E-state index is 12.7. The van der Waals surface area contributed by atoms with E-state index in [2.05, 4.69) is 6.92 Å². The number of hydrogen-bond acceptors (Lipinski definition) is 3. The second kappa shape index (κ2) is 7.01. The molecule has 1 aromatic carbocycles. The molecule has 1 rings (SSSR count). The molecule has 1 nitrogen and oxygen atoms in total. The van der Waals surface area contributed by atoms with E-state index < -0.39 is 0 Å². The van der Waals surface area contributed by atoms with Gasteiger partial charge in [-0.2, -0.15) is 11.8 Å². The van der Waals surface area contributed by atoms with Crippen LogP contribution in [0.2, 0.25) is 0 Å². The van der Waals surface area contributed by atoms with Crippen LogP contribution in [-0.4, -0.2) is 17.3 Å². The Labute approximate surface area is 99.0 Å². The van der Waals surface area contributed by atoms with Crippen molar-refractivity contribution < 1.29 is 4.39 Å². The maximum Gasteiger partial charge on any atom is 0.125 e. The topological polar surface area (TPSA) is 26.0 Å². The summed E-state index contributed by atoms with van der Waals surface area (Å²) in [6, 6.07) is 4.59. The van der Waals surface area contributed by atoms with Gasteiger partial charge in [-0.15, -0.1) is 11.8 Å². The highest BCUT2D eigenvalue weighted by Crippen LogP contribution is 2.26. The molecule has 0 amide bonds. The van der Waals surface area contributed by atoms with Crippen LogP contribution in [0, 0.1) is 5.82 Å². The van der Waals surface area contributed by atoms with E-state index in [-0.39, 0.29) is 5.82 Å². The fourth-order valence-corrected chi connectivity index (χ4v) is 2.86. The third-order valence-corrected chi connectivity index (χ3v) is 4.03. The molecule has 84 valence electrons. The van der Waals surface area contributed by atoms with Crippen LogP contribution in [0.3, 0.4) is 0 Å². The molecule has 0 aliphatic carbocycles. The zero-order valence-corrected chi connectivity index (χ0v) is 10.5. The zero-order valence-electron chi connectivity index (χ0n) is 8.83. The van der Waals surface area contributed by atoms with E-state index in [0.717, 1.165) is 10.6 Å². The normalized spacial score (nSPS) is 10.5. The van der Waals surface area contributed by atoms with E-state index >= 15 is 0 Å². The van der Waals surface area contributed by atoms with Gasteiger partial charge in [0.1, 0.15) is 5.82 Å². The predicted molar refractivity (Wildman–Crippen MR) is 69.2 cm³/mol. The van der Waals surface area contributed by atoms with Gasteiger partial charge in [0.05, 0.1) is 0 Å². The maximum atomic E-state index is 12.7. The first-order valence-corrected chi connectivity index (χ1v) is 7.13. The SMILES string of the molecule is CCSCCCSc1ccc(F)cc1N. The van der Waals surface area contributed by atoms with Gasteiger partial charge in [-0.1, -0.05) is 6.92 Å². The lowest BCUT2D eigenvalue weighted by molar-refractivity contribution is 0.627. The summed E-state index contributed by atoms with van der Waals surface area (Å²) in [5.41, 5.74) is 6.24. The number of anilines is 1. The third-order valence-electron chi connectivity index (χ3n) is 1.87. The predicted octanol–water partition coefficient (Wildman–Crippen LogP) is 3.64. The van der Waals surface area contributed by atoms with Crippen molar-refractivity contribution in [3.05, 3.63) is 24.0 Å². The van der Waals surface area contributed by atoms with Gasteiger partial charge >= 0.3 is 0 Å². The van der Waals surface area contributed by atoms with Crippen LogP contribution in [0.4, 0.5) is 10.1 Å². The number of halogens is 1. The Morgan fingerprint density at radius 1 is 1.33 bits per heavy atom. The lowest BCUT2D eigenvalue weighted by Crippen LogP contribution is -1.91. The molecule has 0 saturated heterocycles. The smallest absolute Gasteiger partial charge is 0.125 e. The van der Waals surface area contributed by atoms with Crippen LogP contribution in [0.15, 0.2) is 23.1 Å². The van der Waals surface area contributed by atoms with Crippen molar-refractivity contribution in [1.82, 2.24) is 0 Å². The minimum atomic E-state index is -0.265. The highest BCUT2D eigenvalue weighted by Gasteiger charge is 2.00. The van der Waals surface area contributed by atoms with Gasteiger partial charge in [0.25, 0.3) is 0 Å². The molecule has 0 bridgehead atoms. The van der Waals surface area contributed by atoms with Gasteiger partial charge in [0.15, 0.2) is 0 Å². The highest BCUT2D eigenvalue weighted by molar-refractivity contribution is 8.00. The average molecular weight is 245 g/mol. The molecule has 2 N–H and O–H groups in total. The number of benzene rings is 1. The summed E-state index contributed by atoms with van der Waals surface area (Å²) in [5, 5.41) is 0. The lowest BCUT2D eigenvalue weighted by Gasteiger charge is -2.04. The summed E-state index contributed by atoms with van der Waals surface area (Å²) in [6.45, 7) is 2.16. The number of nitrogens with two attached hydrogens (primary N) is 1. The summed E-state index contributed by atoms with van der Waals surface area (Å²) in [5.74, 6) is 3.13. The Bertz CT molecular complexity index is 305. The molecule has 1 aromatic rings. The summed E-state index contributed by atoms with van der Waals surface area (Å²) in [6.07, 6.45) is 1.17. The van der Waals surface area contributed by atoms with E-state index in [1.807, 2.05) is 11.8 Å². The first-order valence-electron chi connectivity index (χ1n) is 4.99. The molecule has 4 heteroatoms. The number of rotatable bonds is 6. The summed E-state index contributed by atoms with van der Waals surface area (Å²) < 4.78 is 12.7. The molecule has 0 spiro atoms. The Balaban J connectivity index is 2.31. The molecular formula is C11H16FNS2. The van der Waals surface area contributed by atoms with Crippen LogP contribution in [-0.2, 0) is 0 Å². The molecule has 15 heavy (non-hydrogen) atoms. The van der Waals surface area contributed by atoms with Gasteiger partial charge in [-0.25, -0.2) is 4.39 Å². The van der Waals surface area contributed by atoms with Crippen molar-refractivity contribution >= 4 is 29.2 Å². The molecule has 0 radical (unpaired) electrons. The van der Waals surface area contributed by atoms with Gasteiger partial charge < -0.3 is 5.73 Å². The Hall–Kier alpha value is -0.350. The Morgan fingerprint density at radius 3 is 2.80 bits per heavy atom. The number of hydrogen-bond donors (Lipinski definition) is 1. The first-order chi connectivity index (χ1) is 7.24. The van der Waals surface area contributed by atoms with E-state index in [1.165, 1.54) is 30.1 Å². The number of thioether (sulfide) groups is 2. The summed E-state index contributed by atoms with van der Waals surface area (Å²) in [7, 11) is 0. The van der Waals surface area contributed by atoms with E-state index in [4.69, 9.17) is 5.73 Å². The van der Waals surface area contributed by atoms with E-state index in [1.54, 1.807) is 17.8 Å². The standard InChI is InChI=1S/C11H16FNS2/c1-2-14-6-3-7-15-11-5-4-9(12)8-10(11)13/h4-5,8H,2-3,6-7,13H2,1H3. The summed E-state index contributed by atoms with van der Waals surface area (Å²) >= 11 is 3.65. The van der Waals surface area contributed by atoms with Gasteiger partial charge in [-0.3, -0.25) is 0 Å². The molecule has 0 saturated carbocycles. The van der Waals surface area contributed by atoms with Crippen molar-refractivity contribution in [2.45, 2.75) is 18.2 Å². The van der Waals surface area contributed by atoms with Crippen molar-refractivity contribution in [3.8, 4) is 0 Å². The van der Waals surface area contributed by atoms with Gasteiger partial charge in [0, 0.05) is 10.6 Å². The van der Waals surface area contributed by atoms with Crippen LogP contribution >= 0.6 is 23.5 Å². The van der Waals surface area contributed by atoms with Crippen molar-refractivity contribution in [2.24, 2.45) is 0 Å². The van der Waals surface area contributed by atoms with Crippen LogP contribution in [0.1, 0.15) is 13.3 Å². The average Bonchev–Trinajstić information content (AvgIpc) is 2.20. The lowest BCUT2D eigenvalue weighted by atomic mass is 10.3. The molecular weight excluding hydrogens is 229 g/mol. The molecule has 0 aromatic heterocycles. The zero-order chi connectivity index (χ0) is 11.1. The first kappa shape index (κ1) is 12.7. The molecule has 0 aliphatic rings. The Kier molecular flexibility index (Phi) is 5.95. The quantitative estimate of drug-likeness (QED) is 0.471. The second-order valence-electron chi connectivity index (χ2n) is 3.08. The van der Waals surface area contributed by atoms with Crippen LogP contribution in [0.5, 0.6) is 0 Å². The molecule has 0 atom stereocenters. The number of nitrogen functional groups attached to an aromatic ring is 1. The molecule has 0 fully saturated rings. The van der Waals surface area contributed by atoms with Gasteiger partial charge in [0.2, 0.25) is 0 Å². The van der Waals surface area contributed by atoms with Crippen LogP contribution < -0.4 is 5.73 Å². The fraction of sp³-hybridized carbons (Fsp3) is 0.455. The highest BCUT2D eigenvalue weighted by atomic mass is 32.2. The third kappa shape index (κ3) is 4.80. The fourth-order valence-electron chi connectivity index (χ4n) is 1.14. The van der Waals surface area contributed by atoms with Crippen molar-refractivity contribution in [2.75, 3.05) is 23.0 Å². The van der Waals surface area contributed by atoms with E-state index in [0.29, 0.717) is 5.69 Å². The van der Waals surface area contributed by atoms with Crippen molar-refractivity contribution in [3.63, 3.8) is 0 Å².